The van der Waals surface area contributed by atoms with E-state index in [1.54, 1.807) is 25.6 Å². The Balaban J connectivity index is 1.70. The van der Waals surface area contributed by atoms with Crippen LogP contribution in [0.5, 0.6) is 11.5 Å². The second-order valence-corrected chi connectivity index (χ2v) is 6.10. The number of rotatable bonds is 9. The molecule has 1 amide bonds. The van der Waals surface area contributed by atoms with Gasteiger partial charge in [-0.05, 0) is 36.8 Å². The number of methoxy groups -OCH3 is 1. The van der Waals surface area contributed by atoms with Crippen LogP contribution in [0.25, 0.3) is 0 Å². The molecule has 0 atom stereocenters. The van der Waals surface area contributed by atoms with E-state index in [1.165, 1.54) is 0 Å². The third kappa shape index (κ3) is 5.56. The molecule has 1 aromatic heterocycles. The molecule has 2 N–H and O–H groups in total. The lowest BCUT2D eigenvalue weighted by Gasteiger charge is -2.13. The van der Waals surface area contributed by atoms with E-state index in [-0.39, 0.29) is 5.91 Å². The zero-order valence-electron chi connectivity index (χ0n) is 15.7. The number of hydrogen-bond donors (Lipinski definition) is 2. The summed E-state index contributed by atoms with van der Waals surface area (Å²) in [4.78, 5) is 16.4. The number of amides is 1. The van der Waals surface area contributed by atoms with Gasteiger partial charge in [-0.1, -0.05) is 30.3 Å². The molecule has 1 heterocycles. The Labute approximate surface area is 164 Å². The third-order valence-electron chi connectivity index (χ3n) is 3.95. The quantitative estimate of drug-likeness (QED) is 0.541. The normalized spacial score (nSPS) is 10.3. The van der Waals surface area contributed by atoms with E-state index in [9.17, 15) is 4.79 Å². The van der Waals surface area contributed by atoms with Crippen LogP contribution < -0.4 is 15.4 Å². The average Bonchev–Trinajstić information content (AvgIpc) is 2.73. The van der Waals surface area contributed by atoms with Gasteiger partial charge in [0, 0.05) is 26.5 Å². The van der Waals surface area contributed by atoms with Gasteiger partial charge in [0.15, 0.2) is 5.75 Å². The summed E-state index contributed by atoms with van der Waals surface area (Å²) < 4.78 is 10.9. The fourth-order valence-corrected chi connectivity index (χ4v) is 2.58. The molecule has 2 aromatic carbocycles. The van der Waals surface area contributed by atoms with E-state index >= 15 is 0 Å². The largest absolute Gasteiger partial charge is 0.455 e. The number of carbonyl (C=O) groups is 1. The standard InChI is InChI=1S/C22H23N3O3/c1-27-13-7-12-24-22(26)17-14-18(16-23-15-17)25-20-10-5-6-11-21(20)28-19-8-3-2-4-9-19/h2-6,8-11,14-16,25H,7,12-13H2,1H3,(H,24,26). The molecule has 28 heavy (non-hydrogen) atoms. The van der Waals surface area contributed by atoms with Gasteiger partial charge in [-0.25, -0.2) is 0 Å². The van der Waals surface area contributed by atoms with Crippen molar-refractivity contribution in [1.82, 2.24) is 10.3 Å². The number of carbonyl (C=O) groups excluding carboxylic acids is 1. The average molecular weight is 377 g/mol. The number of pyridine rings is 1. The summed E-state index contributed by atoms with van der Waals surface area (Å²) in [5.74, 6) is 1.27. The zero-order valence-corrected chi connectivity index (χ0v) is 15.7. The predicted molar refractivity (Wildman–Crippen MR) is 109 cm³/mol. The molecule has 0 fully saturated rings. The SMILES string of the molecule is COCCCNC(=O)c1cncc(Nc2ccccc2Oc2ccccc2)c1. The molecule has 0 aliphatic carbocycles. The second kappa shape index (κ2) is 10.1. The van der Waals surface area contributed by atoms with Crippen molar-refractivity contribution in [2.75, 3.05) is 25.6 Å². The van der Waals surface area contributed by atoms with Gasteiger partial charge in [-0.2, -0.15) is 0 Å². The van der Waals surface area contributed by atoms with Gasteiger partial charge in [-0.15, -0.1) is 0 Å². The lowest BCUT2D eigenvalue weighted by molar-refractivity contribution is 0.0948. The maximum atomic E-state index is 12.3. The summed E-state index contributed by atoms with van der Waals surface area (Å²) in [6.07, 6.45) is 3.97. The Kier molecular flexibility index (Phi) is 6.98. The van der Waals surface area contributed by atoms with Crippen LogP contribution in [0.2, 0.25) is 0 Å². The molecule has 0 spiro atoms. The first-order chi connectivity index (χ1) is 13.8. The minimum absolute atomic E-state index is 0.166. The maximum Gasteiger partial charge on any atom is 0.252 e. The van der Waals surface area contributed by atoms with Crippen molar-refractivity contribution in [2.45, 2.75) is 6.42 Å². The van der Waals surface area contributed by atoms with Gasteiger partial charge < -0.3 is 20.1 Å². The number of anilines is 2. The number of benzene rings is 2. The Hall–Kier alpha value is -3.38. The van der Waals surface area contributed by atoms with E-state index < -0.39 is 0 Å². The van der Waals surface area contributed by atoms with Crippen molar-refractivity contribution < 1.29 is 14.3 Å². The van der Waals surface area contributed by atoms with Crippen molar-refractivity contribution in [3.8, 4) is 11.5 Å². The molecule has 0 saturated carbocycles. The first kappa shape index (κ1) is 19.4. The zero-order chi connectivity index (χ0) is 19.6. The van der Waals surface area contributed by atoms with Gasteiger partial charge in [0.25, 0.3) is 5.91 Å². The summed E-state index contributed by atoms with van der Waals surface area (Å²) in [5.41, 5.74) is 1.98. The van der Waals surface area contributed by atoms with Crippen LogP contribution in [0.15, 0.2) is 73.1 Å². The minimum Gasteiger partial charge on any atom is -0.455 e. The molecule has 3 rings (SSSR count). The molecule has 0 saturated heterocycles. The lowest BCUT2D eigenvalue weighted by atomic mass is 10.2. The molecule has 0 radical (unpaired) electrons. The highest BCUT2D eigenvalue weighted by Crippen LogP contribution is 2.31. The van der Waals surface area contributed by atoms with Gasteiger partial charge in [0.2, 0.25) is 0 Å². The molecule has 3 aromatic rings. The molecule has 0 aliphatic heterocycles. The van der Waals surface area contributed by atoms with Crippen LogP contribution in [0.4, 0.5) is 11.4 Å². The number of nitrogens with zero attached hydrogens (tertiary/aromatic N) is 1. The van der Waals surface area contributed by atoms with Crippen molar-refractivity contribution in [1.29, 1.82) is 0 Å². The van der Waals surface area contributed by atoms with E-state index in [0.29, 0.717) is 30.2 Å². The number of hydrogen-bond acceptors (Lipinski definition) is 5. The topological polar surface area (TPSA) is 72.5 Å². The van der Waals surface area contributed by atoms with Crippen molar-refractivity contribution in [2.24, 2.45) is 0 Å². The van der Waals surface area contributed by atoms with Crippen molar-refractivity contribution >= 4 is 17.3 Å². The third-order valence-corrected chi connectivity index (χ3v) is 3.95. The van der Waals surface area contributed by atoms with Gasteiger partial charge in [-0.3, -0.25) is 9.78 Å². The van der Waals surface area contributed by atoms with E-state index in [2.05, 4.69) is 15.6 Å². The molecular formula is C22H23N3O3. The summed E-state index contributed by atoms with van der Waals surface area (Å²) in [7, 11) is 1.64. The van der Waals surface area contributed by atoms with E-state index in [0.717, 1.165) is 17.9 Å². The summed E-state index contributed by atoms with van der Waals surface area (Å²) in [6, 6.07) is 19.0. The molecular weight excluding hydrogens is 354 g/mol. The van der Waals surface area contributed by atoms with Crippen LogP contribution in [0, 0.1) is 0 Å². The Morgan fingerprint density at radius 1 is 1.04 bits per heavy atom. The first-order valence-corrected chi connectivity index (χ1v) is 9.07. The number of nitrogens with one attached hydrogen (secondary N) is 2. The predicted octanol–water partition coefficient (Wildman–Crippen LogP) is 4.38. The molecule has 0 aliphatic rings. The van der Waals surface area contributed by atoms with Crippen LogP contribution >= 0.6 is 0 Å². The maximum absolute atomic E-state index is 12.3. The molecule has 0 unspecified atom stereocenters. The number of ether oxygens (including phenoxy) is 2. The fourth-order valence-electron chi connectivity index (χ4n) is 2.58. The van der Waals surface area contributed by atoms with Gasteiger partial charge in [0.1, 0.15) is 5.75 Å². The Morgan fingerprint density at radius 3 is 2.64 bits per heavy atom. The Morgan fingerprint density at radius 2 is 1.82 bits per heavy atom. The van der Waals surface area contributed by atoms with E-state index in [4.69, 9.17) is 9.47 Å². The van der Waals surface area contributed by atoms with Crippen LogP contribution in [0.3, 0.4) is 0 Å². The summed E-state index contributed by atoms with van der Waals surface area (Å²) in [5, 5.41) is 6.13. The highest BCUT2D eigenvalue weighted by Gasteiger charge is 2.09. The van der Waals surface area contributed by atoms with Crippen molar-refractivity contribution in [3.63, 3.8) is 0 Å². The second-order valence-electron chi connectivity index (χ2n) is 6.10. The fraction of sp³-hybridized carbons (Fsp3) is 0.182. The van der Waals surface area contributed by atoms with Crippen LogP contribution in [0.1, 0.15) is 16.8 Å². The molecule has 6 heteroatoms. The van der Waals surface area contributed by atoms with Crippen molar-refractivity contribution in [3.05, 3.63) is 78.6 Å². The van der Waals surface area contributed by atoms with E-state index in [1.807, 2.05) is 54.6 Å². The highest BCUT2D eigenvalue weighted by atomic mass is 16.5. The smallest absolute Gasteiger partial charge is 0.252 e. The van der Waals surface area contributed by atoms with Gasteiger partial charge >= 0.3 is 0 Å². The lowest BCUT2D eigenvalue weighted by Crippen LogP contribution is -2.25. The molecule has 0 bridgehead atoms. The monoisotopic (exact) mass is 377 g/mol. The minimum atomic E-state index is -0.166. The number of para-hydroxylation sites is 3. The van der Waals surface area contributed by atoms with Crippen LogP contribution in [-0.2, 0) is 4.74 Å². The Bertz CT molecular complexity index is 900. The first-order valence-electron chi connectivity index (χ1n) is 9.07. The summed E-state index contributed by atoms with van der Waals surface area (Å²) in [6.45, 7) is 1.16. The molecule has 6 nitrogen and oxygen atoms in total. The summed E-state index contributed by atoms with van der Waals surface area (Å²) >= 11 is 0. The number of aromatic nitrogens is 1. The van der Waals surface area contributed by atoms with Gasteiger partial charge in [0.05, 0.1) is 23.1 Å². The molecule has 144 valence electrons. The highest BCUT2D eigenvalue weighted by molar-refractivity contribution is 5.94. The van der Waals surface area contributed by atoms with Crippen LogP contribution in [-0.4, -0.2) is 31.2 Å².